The van der Waals surface area contributed by atoms with Crippen molar-refractivity contribution in [2.24, 2.45) is 0 Å². The van der Waals surface area contributed by atoms with Crippen molar-refractivity contribution < 1.29 is 22.6 Å². The Labute approximate surface area is 210 Å². The number of aryl methyl sites for hydroxylation is 2. The lowest BCUT2D eigenvalue weighted by Gasteiger charge is -2.28. The van der Waals surface area contributed by atoms with Crippen molar-refractivity contribution in [3.8, 4) is 17.0 Å². The Morgan fingerprint density at radius 3 is 2.62 bits per heavy atom. The molecule has 192 valence electrons. The van der Waals surface area contributed by atoms with Crippen LogP contribution >= 0.6 is 0 Å². The van der Waals surface area contributed by atoms with Crippen LogP contribution in [-0.4, -0.2) is 42.9 Å². The Morgan fingerprint density at radius 2 is 1.86 bits per heavy atom. The van der Waals surface area contributed by atoms with Gasteiger partial charge >= 0.3 is 6.61 Å². The maximum absolute atomic E-state index is 15.2. The maximum Gasteiger partial charge on any atom is 0.387 e. The fourth-order valence-corrected chi connectivity index (χ4v) is 4.68. The summed E-state index contributed by atoms with van der Waals surface area (Å²) in [6.45, 7) is 1.11. The van der Waals surface area contributed by atoms with E-state index in [1.54, 1.807) is 6.92 Å². The largest absolute Gasteiger partial charge is 0.435 e. The minimum absolute atomic E-state index is 0.0564. The molecule has 1 aliphatic heterocycles. The van der Waals surface area contributed by atoms with Crippen molar-refractivity contribution in [1.29, 1.82) is 0 Å². The van der Waals surface area contributed by atoms with Crippen LogP contribution in [0, 0.1) is 19.7 Å². The number of alkyl halides is 2. The predicted octanol–water partition coefficient (Wildman–Crippen LogP) is 5.61. The van der Waals surface area contributed by atoms with Gasteiger partial charge in [0.25, 0.3) is 0 Å². The molecule has 2 aliphatic rings. The molecule has 4 heterocycles. The van der Waals surface area contributed by atoms with E-state index in [0.29, 0.717) is 53.9 Å². The topological polar surface area (TPSA) is 87.8 Å². The highest BCUT2D eigenvalue weighted by molar-refractivity contribution is 5.87. The molecule has 4 aromatic rings. The molecule has 1 saturated heterocycles. The summed E-state index contributed by atoms with van der Waals surface area (Å²) in [6, 6.07) is 4.06. The number of ether oxygens (including phenoxy) is 2. The van der Waals surface area contributed by atoms with Crippen LogP contribution in [0.5, 0.6) is 5.75 Å². The third-order valence-electron chi connectivity index (χ3n) is 6.94. The van der Waals surface area contributed by atoms with Crippen LogP contribution in [0.4, 0.5) is 13.2 Å². The molecule has 0 spiro atoms. The number of halogens is 3. The van der Waals surface area contributed by atoms with Gasteiger partial charge in [-0.1, -0.05) is 0 Å². The van der Waals surface area contributed by atoms with Gasteiger partial charge in [-0.05, 0) is 51.7 Å². The zero-order chi connectivity index (χ0) is 25.7. The molecule has 8 nitrogen and oxygen atoms in total. The first-order valence-electron chi connectivity index (χ1n) is 12.3. The number of nitrogens with zero attached hydrogens (tertiary/aromatic N) is 6. The number of rotatable bonds is 6. The molecule has 2 atom stereocenters. The first-order valence-corrected chi connectivity index (χ1v) is 12.3. The standard InChI is InChI=1S/C26H25F3N6O2/c1-13-14(2)32-25-23(31-13)22(19-6-5-18(10-20(19)27)37-26(28)29)33-24(34-25)15-7-8-36-21(9-15)16-11-30-35(12-16)17-3-4-17/h5-6,10-12,15,17,21,26H,3-4,7-9H2,1-2H3/t15-,21+/m0/s1. The molecule has 0 unspecified atom stereocenters. The second-order valence-corrected chi connectivity index (χ2v) is 9.58. The van der Waals surface area contributed by atoms with Crippen molar-refractivity contribution in [2.75, 3.05) is 6.61 Å². The van der Waals surface area contributed by atoms with E-state index in [0.717, 1.165) is 24.5 Å². The average Bonchev–Trinajstić information content (AvgIpc) is 3.60. The van der Waals surface area contributed by atoms with Gasteiger partial charge in [0.15, 0.2) is 5.65 Å². The van der Waals surface area contributed by atoms with Crippen LogP contribution in [-0.2, 0) is 4.74 Å². The summed E-state index contributed by atoms with van der Waals surface area (Å²) in [5, 5.41) is 4.49. The van der Waals surface area contributed by atoms with Crippen molar-refractivity contribution in [3.05, 3.63) is 59.2 Å². The lowest BCUT2D eigenvalue weighted by Crippen LogP contribution is -2.20. The van der Waals surface area contributed by atoms with Crippen LogP contribution in [0.25, 0.3) is 22.4 Å². The molecule has 37 heavy (non-hydrogen) atoms. The van der Waals surface area contributed by atoms with E-state index in [4.69, 9.17) is 14.7 Å². The minimum Gasteiger partial charge on any atom is -0.435 e. The Bertz CT molecular complexity index is 1470. The van der Waals surface area contributed by atoms with Crippen LogP contribution in [0.15, 0.2) is 30.6 Å². The average molecular weight is 511 g/mol. The van der Waals surface area contributed by atoms with Crippen molar-refractivity contribution >= 4 is 11.2 Å². The predicted molar refractivity (Wildman–Crippen MR) is 128 cm³/mol. The highest BCUT2D eigenvalue weighted by atomic mass is 19.3. The quantitative estimate of drug-likeness (QED) is 0.333. The Kier molecular flexibility index (Phi) is 6.02. The summed E-state index contributed by atoms with van der Waals surface area (Å²) in [4.78, 5) is 18.7. The first-order chi connectivity index (χ1) is 17.9. The van der Waals surface area contributed by atoms with Gasteiger partial charge in [-0.25, -0.2) is 24.3 Å². The Hall–Kier alpha value is -3.60. The highest BCUT2D eigenvalue weighted by Gasteiger charge is 2.31. The van der Waals surface area contributed by atoms with Crippen molar-refractivity contribution in [3.63, 3.8) is 0 Å². The number of hydrogen-bond donors (Lipinski definition) is 0. The Balaban J connectivity index is 1.39. The summed E-state index contributed by atoms with van der Waals surface area (Å²) in [7, 11) is 0. The minimum atomic E-state index is -3.05. The van der Waals surface area contributed by atoms with Crippen LogP contribution < -0.4 is 4.74 Å². The summed E-state index contributed by atoms with van der Waals surface area (Å²) >= 11 is 0. The van der Waals surface area contributed by atoms with Crippen LogP contribution in [0.1, 0.15) is 66.5 Å². The third kappa shape index (κ3) is 4.75. The lowest BCUT2D eigenvalue weighted by molar-refractivity contribution is -0.0499. The summed E-state index contributed by atoms with van der Waals surface area (Å²) in [5.74, 6) is -0.553. The highest BCUT2D eigenvalue weighted by Crippen LogP contribution is 2.40. The van der Waals surface area contributed by atoms with E-state index in [9.17, 15) is 8.78 Å². The second-order valence-electron chi connectivity index (χ2n) is 9.58. The molecule has 0 amide bonds. The zero-order valence-electron chi connectivity index (χ0n) is 20.4. The Morgan fingerprint density at radius 1 is 1.05 bits per heavy atom. The first kappa shape index (κ1) is 23.8. The van der Waals surface area contributed by atoms with Gasteiger partial charge in [0, 0.05) is 35.9 Å². The van der Waals surface area contributed by atoms with E-state index in [1.807, 2.05) is 24.0 Å². The SMILES string of the molecule is Cc1nc2nc([C@H]3CCO[C@@H](c4cnn(C5CC5)c4)C3)nc(-c3ccc(OC(F)F)cc3F)c2nc1C. The molecule has 3 aromatic heterocycles. The number of benzene rings is 1. The number of hydrogen-bond acceptors (Lipinski definition) is 7. The lowest BCUT2D eigenvalue weighted by atomic mass is 9.92. The molecule has 1 aliphatic carbocycles. The van der Waals surface area contributed by atoms with E-state index in [2.05, 4.69) is 19.8 Å². The van der Waals surface area contributed by atoms with Gasteiger partial charge in [0.2, 0.25) is 0 Å². The number of aromatic nitrogens is 6. The molecule has 0 radical (unpaired) electrons. The van der Waals surface area contributed by atoms with Gasteiger partial charge in [-0.15, -0.1) is 0 Å². The second kappa shape index (κ2) is 9.37. The fourth-order valence-electron chi connectivity index (χ4n) is 4.68. The summed E-state index contributed by atoms with van der Waals surface area (Å²) < 4.78 is 52.8. The van der Waals surface area contributed by atoms with Gasteiger partial charge in [-0.2, -0.15) is 13.9 Å². The van der Waals surface area contributed by atoms with Crippen LogP contribution in [0.2, 0.25) is 0 Å². The van der Waals surface area contributed by atoms with E-state index in [1.165, 1.54) is 12.1 Å². The molecular formula is C26H25F3N6O2. The van der Waals surface area contributed by atoms with Gasteiger partial charge in [-0.3, -0.25) is 4.68 Å². The fraction of sp³-hybridized carbons (Fsp3) is 0.423. The maximum atomic E-state index is 15.2. The molecular weight excluding hydrogens is 485 g/mol. The molecule has 2 fully saturated rings. The van der Waals surface area contributed by atoms with E-state index >= 15 is 4.39 Å². The molecule has 0 N–H and O–H groups in total. The monoisotopic (exact) mass is 510 g/mol. The summed E-state index contributed by atoms with van der Waals surface area (Å²) in [6.07, 6.45) is 7.39. The summed E-state index contributed by atoms with van der Waals surface area (Å²) in [5.41, 5.74) is 3.49. The van der Waals surface area contributed by atoms with Gasteiger partial charge in [0.1, 0.15) is 28.6 Å². The van der Waals surface area contributed by atoms with Crippen molar-refractivity contribution in [1.82, 2.24) is 29.7 Å². The molecule has 1 saturated carbocycles. The number of fused-ring (bicyclic) bond motifs is 1. The van der Waals surface area contributed by atoms with E-state index in [-0.39, 0.29) is 29.0 Å². The molecule has 11 heteroatoms. The molecule has 1 aromatic carbocycles. The van der Waals surface area contributed by atoms with Crippen LogP contribution in [0.3, 0.4) is 0 Å². The van der Waals surface area contributed by atoms with Gasteiger partial charge < -0.3 is 9.47 Å². The third-order valence-corrected chi connectivity index (χ3v) is 6.94. The zero-order valence-corrected chi connectivity index (χ0v) is 20.4. The normalized spacial score (nSPS) is 20.1. The molecule has 6 rings (SSSR count). The molecule has 0 bridgehead atoms. The smallest absolute Gasteiger partial charge is 0.387 e. The van der Waals surface area contributed by atoms with E-state index < -0.39 is 12.4 Å². The van der Waals surface area contributed by atoms with Crippen molar-refractivity contribution in [2.45, 2.75) is 64.2 Å². The van der Waals surface area contributed by atoms with Gasteiger partial charge in [0.05, 0.1) is 29.7 Å².